The van der Waals surface area contributed by atoms with Gasteiger partial charge in [-0.3, -0.25) is 19.4 Å². The van der Waals surface area contributed by atoms with E-state index < -0.39 is 0 Å². The molecule has 0 aliphatic heterocycles. The molecule has 4 nitrogen and oxygen atoms in total. The van der Waals surface area contributed by atoms with Crippen LogP contribution in [0, 0.1) is 0 Å². The molecule has 0 amide bonds. The van der Waals surface area contributed by atoms with Crippen LogP contribution in [-0.2, 0) is 0 Å². The smallest absolute Gasteiger partial charge is 0.177 e. The van der Waals surface area contributed by atoms with E-state index in [1.807, 2.05) is 24.3 Å². The lowest BCUT2D eigenvalue weighted by Gasteiger charge is -2.17. The van der Waals surface area contributed by atoms with Gasteiger partial charge in [0.2, 0.25) is 0 Å². The standard InChI is InChI=1S/C28H32N2O2.2ClH/c1-5-29(6-2)17-26(31)19-12-13-20-22-10-9-11-23-21(27(32)18-30(7-3)8-4)14-15-24(28(22)23)25(20)16-19;;/h9-16H,5-8,17-18H2,1-4H3;2*1H. The molecule has 0 bridgehead atoms. The second-order valence-electron chi connectivity index (χ2n) is 8.42. The van der Waals surface area contributed by atoms with E-state index in [-0.39, 0.29) is 36.4 Å². The number of fused-ring (bicyclic) bond motifs is 3. The van der Waals surface area contributed by atoms with Gasteiger partial charge in [-0.15, -0.1) is 24.8 Å². The Kier molecular flexibility index (Phi) is 9.84. The number of hydrogen-bond donors (Lipinski definition) is 0. The van der Waals surface area contributed by atoms with E-state index in [2.05, 4.69) is 61.8 Å². The van der Waals surface area contributed by atoms with Crippen LogP contribution in [0.2, 0.25) is 0 Å². The first-order chi connectivity index (χ1) is 15.5. The average molecular weight is 501 g/mol. The van der Waals surface area contributed by atoms with Crippen LogP contribution in [-0.4, -0.2) is 60.6 Å². The minimum Gasteiger partial charge on any atom is -0.296 e. The molecule has 0 saturated heterocycles. The number of halogens is 2. The Morgan fingerprint density at radius 3 is 1.82 bits per heavy atom. The molecule has 34 heavy (non-hydrogen) atoms. The van der Waals surface area contributed by atoms with Crippen molar-refractivity contribution in [3.63, 3.8) is 0 Å². The number of hydrogen-bond acceptors (Lipinski definition) is 4. The monoisotopic (exact) mass is 500 g/mol. The molecule has 0 radical (unpaired) electrons. The molecule has 0 saturated carbocycles. The Balaban J connectivity index is 0.00000204. The maximum absolute atomic E-state index is 13.1. The highest BCUT2D eigenvalue weighted by molar-refractivity contribution is 6.21. The summed E-state index contributed by atoms with van der Waals surface area (Å²) in [5.41, 5.74) is 6.01. The van der Waals surface area contributed by atoms with Crippen molar-refractivity contribution >= 4 is 47.2 Å². The summed E-state index contributed by atoms with van der Waals surface area (Å²) in [7, 11) is 0. The van der Waals surface area contributed by atoms with Gasteiger partial charge in [-0.25, -0.2) is 0 Å². The van der Waals surface area contributed by atoms with Gasteiger partial charge in [-0.05, 0) is 65.3 Å². The Morgan fingerprint density at radius 2 is 1.21 bits per heavy atom. The summed E-state index contributed by atoms with van der Waals surface area (Å²) in [5, 5.41) is 2.13. The van der Waals surface area contributed by atoms with Gasteiger partial charge in [0.15, 0.2) is 11.6 Å². The molecule has 0 aromatic heterocycles. The molecule has 182 valence electrons. The van der Waals surface area contributed by atoms with Gasteiger partial charge in [0.25, 0.3) is 0 Å². The number of carbonyl (C=O) groups excluding carboxylic acids is 2. The van der Waals surface area contributed by atoms with E-state index in [0.29, 0.717) is 13.1 Å². The number of rotatable bonds is 10. The first-order valence-electron chi connectivity index (χ1n) is 11.7. The Bertz CT molecular complexity index is 1180. The molecule has 3 aromatic rings. The number of carbonyl (C=O) groups is 2. The third kappa shape index (κ3) is 5.06. The van der Waals surface area contributed by atoms with Crippen LogP contribution in [0.1, 0.15) is 48.4 Å². The van der Waals surface area contributed by atoms with E-state index in [4.69, 9.17) is 0 Å². The van der Waals surface area contributed by atoms with Gasteiger partial charge in [-0.2, -0.15) is 0 Å². The largest absolute Gasteiger partial charge is 0.296 e. The lowest BCUT2D eigenvalue weighted by molar-refractivity contribution is 0.0930. The molecule has 0 unspecified atom stereocenters. The molecule has 0 atom stereocenters. The highest BCUT2D eigenvalue weighted by Gasteiger charge is 2.25. The van der Waals surface area contributed by atoms with Gasteiger partial charge >= 0.3 is 0 Å². The maximum Gasteiger partial charge on any atom is 0.177 e. The molecule has 0 N–H and O–H groups in total. The van der Waals surface area contributed by atoms with E-state index >= 15 is 0 Å². The van der Waals surface area contributed by atoms with Crippen molar-refractivity contribution in [2.24, 2.45) is 0 Å². The predicted octanol–water partition coefficient (Wildman–Crippen LogP) is 6.38. The molecule has 1 aliphatic carbocycles. The van der Waals surface area contributed by atoms with Gasteiger partial charge in [0.1, 0.15) is 0 Å². The Morgan fingerprint density at radius 1 is 0.647 bits per heavy atom. The zero-order chi connectivity index (χ0) is 22.8. The fourth-order valence-corrected chi connectivity index (χ4v) is 4.75. The number of ketones is 2. The second-order valence-corrected chi connectivity index (χ2v) is 8.42. The molecule has 0 heterocycles. The van der Waals surface area contributed by atoms with Crippen LogP contribution in [0.5, 0.6) is 0 Å². The number of likely N-dealkylation sites (N-methyl/N-ethyl adjacent to an activating group) is 2. The predicted molar refractivity (Wildman–Crippen MR) is 147 cm³/mol. The van der Waals surface area contributed by atoms with Crippen LogP contribution >= 0.6 is 24.8 Å². The zero-order valence-corrected chi connectivity index (χ0v) is 22.0. The SMILES string of the molecule is CCN(CC)CC(=O)c1ccc2c(c1)-c1ccc(C(=O)CN(CC)CC)c3cccc-2c13.Cl.Cl. The summed E-state index contributed by atoms with van der Waals surface area (Å²) >= 11 is 0. The summed E-state index contributed by atoms with van der Waals surface area (Å²) in [5.74, 6) is 0.304. The van der Waals surface area contributed by atoms with E-state index in [1.165, 1.54) is 0 Å². The third-order valence-electron chi connectivity index (χ3n) is 6.79. The topological polar surface area (TPSA) is 40.6 Å². The molecule has 0 fully saturated rings. The van der Waals surface area contributed by atoms with Gasteiger partial charge in [0, 0.05) is 11.1 Å². The van der Waals surface area contributed by atoms with Crippen molar-refractivity contribution in [3.05, 3.63) is 59.7 Å². The fourth-order valence-electron chi connectivity index (χ4n) is 4.75. The van der Waals surface area contributed by atoms with E-state index in [0.717, 1.165) is 70.3 Å². The van der Waals surface area contributed by atoms with Gasteiger partial charge in [-0.1, -0.05) is 70.2 Å². The van der Waals surface area contributed by atoms with Gasteiger partial charge in [0.05, 0.1) is 13.1 Å². The Hall–Kier alpha value is -2.24. The van der Waals surface area contributed by atoms with Crippen LogP contribution in [0.25, 0.3) is 33.0 Å². The highest BCUT2D eigenvalue weighted by atomic mass is 35.5. The van der Waals surface area contributed by atoms with Crippen molar-refractivity contribution in [1.29, 1.82) is 0 Å². The summed E-state index contributed by atoms with van der Waals surface area (Å²) in [6, 6.07) is 16.3. The number of nitrogens with zero attached hydrogens (tertiary/aromatic N) is 2. The number of benzene rings is 3. The Labute approximate surface area is 215 Å². The molecule has 0 spiro atoms. The first kappa shape index (κ1) is 28.0. The zero-order valence-electron chi connectivity index (χ0n) is 20.4. The highest BCUT2D eigenvalue weighted by Crippen LogP contribution is 2.48. The fraction of sp³-hybridized carbons (Fsp3) is 0.357. The van der Waals surface area contributed by atoms with Crippen LogP contribution in [0.3, 0.4) is 0 Å². The van der Waals surface area contributed by atoms with Gasteiger partial charge < -0.3 is 0 Å². The summed E-state index contributed by atoms with van der Waals surface area (Å²) in [6.45, 7) is 12.6. The van der Waals surface area contributed by atoms with E-state index in [9.17, 15) is 9.59 Å². The number of Topliss-reactive ketones (excluding diaryl/α,β-unsaturated/α-hetero) is 2. The van der Waals surface area contributed by atoms with Crippen LogP contribution in [0.4, 0.5) is 0 Å². The normalized spacial score (nSPS) is 11.4. The van der Waals surface area contributed by atoms with Crippen molar-refractivity contribution in [1.82, 2.24) is 9.80 Å². The lowest BCUT2D eigenvalue weighted by atomic mass is 9.96. The summed E-state index contributed by atoms with van der Waals surface area (Å²) in [4.78, 5) is 30.3. The summed E-state index contributed by atoms with van der Waals surface area (Å²) < 4.78 is 0. The van der Waals surface area contributed by atoms with Crippen LogP contribution in [0.15, 0.2) is 48.5 Å². The quantitative estimate of drug-likeness (QED) is 0.237. The third-order valence-corrected chi connectivity index (χ3v) is 6.79. The minimum absolute atomic E-state index is 0. The summed E-state index contributed by atoms with van der Waals surface area (Å²) in [6.07, 6.45) is 0. The van der Waals surface area contributed by atoms with Crippen molar-refractivity contribution in [2.45, 2.75) is 27.7 Å². The van der Waals surface area contributed by atoms with Crippen molar-refractivity contribution in [3.8, 4) is 22.3 Å². The maximum atomic E-state index is 13.1. The molecule has 1 aliphatic rings. The second kappa shape index (κ2) is 11.9. The molecular weight excluding hydrogens is 467 g/mol. The molecule has 4 rings (SSSR count). The van der Waals surface area contributed by atoms with Crippen molar-refractivity contribution < 1.29 is 9.59 Å². The minimum atomic E-state index is 0. The molecule has 3 aromatic carbocycles. The van der Waals surface area contributed by atoms with E-state index in [1.54, 1.807) is 0 Å². The van der Waals surface area contributed by atoms with Crippen molar-refractivity contribution in [2.75, 3.05) is 39.3 Å². The lowest BCUT2D eigenvalue weighted by Crippen LogP contribution is -2.29. The molecule has 6 heteroatoms. The first-order valence-corrected chi connectivity index (χ1v) is 11.7. The molecular formula is C28H34Cl2N2O2. The van der Waals surface area contributed by atoms with Crippen LogP contribution < -0.4 is 0 Å². The average Bonchev–Trinajstić information content (AvgIpc) is 3.15.